The van der Waals surface area contributed by atoms with Crippen LogP contribution in [0.25, 0.3) is 0 Å². The lowest BCUT2D eigenvalue weighted by molar-refractivity contribution is 0.567. The number of fused-ring (bicyclic) bond motifs is 1. The van der Waals surface area contributed by atoms with Gasteiger partial charge in [0, 0.05) is 19.1 Å². The summed E-state index contributed by atoms with van der Waals surface area (Å²) in [6, 6.07) is 8.89. The highest BCUT2D eigenvalue weighted by atomic mass is 35.5. The van der Waals surface area contributed by atoms with Gasteiger partial charge < -0.3 is 10.2 Å². The molecule has 1 saturated heterocycles. The summed E-state index contributed by atoms with van der Waals surface area (Å²) in [5, 5.41) is 3.70. The number of benzene rings is 1. The van der Waals surface area contributed by atoms with Crippen LogP contribution < -0.4 is 10.2 Å². The molecule has 1 fully saturated rings. The van der Waals surface area contributed by atoms with E-state index < -0.39 is 0 Å². The largest absolute Gasteiger partial charge is 0.351 e. The molecule has 0 spiro atoms. The fourth-order valence-corrected chi connectivity index (χ4v) is 3.64. The van der Waals surface area contributed by atoms with E-state index in [4.69, 9.17) is 11.6 Å². The van der Waals surface area contributed by atoms with Crippen molar-refractivity contribution in [3.05, 3.63) is 40.7 Å². The van der Waals surface area contributed by atoms with Gasteiger partial charge in [-0.2, -0.15) is 15.0 Å². The van der Waals surface area contributed by atoms with Gasteiger partial charge in [0.15, 0.2) is 0 Å². The molecule has 1 N–H and O–H groups in total. The van der Waals surface area contributed by atoms with Crippen LogP contribution in [0.5, 0.6) is 0 Å². The minimum Gasteiger partial charge on any atom is -0.351 e. The quantitative estimate of drug-likeness (QED) is 0.937. The minimum atomic E-state index is 0.263. The molecule has 2 aromatic rings. The molecule has 5 nitrogen and oxygen atoms in total. The smallest absolute Gasteiger partial charge is 0.231 e. The summed E-state index contributed by atoms with van der Waals surface area (Å²) in [5.74, 6) is 1.28. The van der Waals surface area contributed by atoms with Crippen LogP contribution in [0.2, 0.25) is 5.28 Å². The second kappa shape index (κ2) is 6.32. The van der Waals surface area contributed by atoms with Crippen LogP contribution >= 0.6 is 11.6 Å². The maximum atomic E-state index is 6.11. The Labute approximate surface area is 141 Å². The first-order valence-electron chi connectivity index (χ1n) is 8.28. The summed E-state index contributed by atoms with van der Waals surface area (Å²) in [7, 11) is 0. The van der Waals surface area contributed by atoms with Crippen LogP contribution in [0.15, 0.2) is 24.3 Å². The lowest BCUT2D eigenvalue weighted by atomic mass is 10.1. The Balaban J connectivity index is 1.50. The first kappa shape index (κ1) is 14.7. The van der Waals surface area contributed by atoms with Crippen molar-refractivity contribution in [1.82, 2.24) is 15.0 Å². The van der Waals surface area contributed by atoms with Gasteiger partial charge >= 0.3 is 0 Å². The van der Waals surface area contributed by atoms with E-state index in [1.165, 1.54) is 30.4 Å². The average Bonchev–Trinajstić information content (AvgIpc) is 2.97. The summed E-state index contributed by atoms with van der Waals surface area (Å²) in [6.45, 7) is 1.99. The zero-order chi connectivity index (χ0) is 15.6. The molecule has 2 heterocycles. The number of hydrogen-bond donors (Lipinski definition) is 1. The maximum Gasteiger partial charge on any atom is 0.231 e. The number of rotatable bonds is 3. The van der Waals surface area contributed by atoms with Crippen molar-refractivity contribution in [3.8, 4) is 0 Å². The zero-order valence-electron chi connectivity index (χ0n) is 13.0. The minimum absolute atomic E-state index is 0.263. The number of piperidine rings is 1. The van der Waals surface area contributed by atoms with Gasteiger partial charge in [0.05, 0.1) is 0 Å². The third-order valence-corrected chi connectivity index (χ3v) is 4.79. The third kappa shape index (κ3) is 3.24. The highest BCUT2D eigenvalue weighted by Crippen LogP contribution is 2.25. The van der Waals surface area contributed by atoms with Gasteiger partial charge in [-0.05, 0) is 54.8 Å². The summed E-state index contributed by atoms with van der Waals surface area (Å²) >= 11 is 6.11. The first-order valence-corrected chi connectivity index (χ1v) is 8.65. The molecule has 4 rings (SSSR count). The molecule has 0 unspecified atom stereocenters. The molecule has 1 aliphatic heterocycles. The van der Waals surface area contributed by atoms with Gasteiger partial charge in [0.1, 0.15) is 0 Å². The molecule has 0 atom stereocenters. The van der Waals surface area contributed by atoms with Crippen molar-refractivity contribution >= 4 is 23.5 Å². The second-order valence-corrected chi connectivity index (χ2v) is 6.63. The summed E-state index contributed by atoms with van der Waals surface area (Å²) in [6.07, 6.45) is 5.64. The molecular formula is C17H20ClN5. The molecule has 23 heavy (non-hydrogen) atoms. The highest BCUT2D eigenvalue weighted by Gasteiger charge is 2.22. The molecule has 0 radical (unpaired) electrons. The van der Waals surface area contributed by atoms with Gasteiger partial charge in [-0.15, -0.1) is 0 Å². The van der Waals surface area contributed by atoms with Crippen molar-refractivity contribution in [2.45, 2.75) is 38.1 Å². The fraction of sp³-hybridized carbons (Fsp3) is 0.471. The van der Waals surface area contributed by atoms with Crippen molar-refractivity contribution < 1.29 is 0 Å². The molecule has 6 heteroatoms. The molecule has 1 aromatic heterocycles. The molecule has 2 aliphatic rings. The molecule has 1 aromatic carbocycles. The number of nitrogens with one attached hydrogen (secondary N) is 1. The van der Waals surface area contributed by atoms with Crippen LogP contribution in [-0.2, 0) is 12.8 Å². The predicted molar refractivity (Wildman–Crippen MR) is 92.2 cm³/mol. The molecule has 0 saturated carbocycles. The van der Waals surface area contributed by atoms with Crippen LogP contribution in [0.4, 0.5) is 11.9 Å². The number of hydrogen-bond acceptors (Lipinski definition) is 5. The molecule has 120 valence electrons. The number of aromatic nitrogens is 3. The lowest BCUT2D eigenvalue weighted by Gasteiger charge is -2.26. The standard InChI is InChI=1S/C17H20ClN5/c18-15-20-16(22-17(21-15)23-8-4-1-5-9-23)19-14-10-12-6-2-3-7-13(12)11-14/h2-3,6-7,14H,1,4-5,8-11H2,(H,19,20,21,22). The molecular weight excluding hydrogens is 310 g/mol. The number of nitrogens with zero attached hydrogens (tertiary/aromatic N) is 4. The number of anilines is 2. The van der Waals surface area contributed by atoms with Crippen molar-refractivity contribution in [2.24, 2.45) is 0 Å². The Morgan fingerprint density at radius 1 is 0.957 bits per heavy atom. The van der Waals surface area contributed by atoms with E-state index in [-0.39, 0.29) is 5.28 Å². The summed E-state index contributed by atoms with van der Waals surface area (Å²) in [4.78, 5) is 15.4. The van der Waals surface area contributed by atoms with E-state index in [1.807, 2.05) is 0 Å². The number of halogens is 1. The fourth-order valence-electron chi connectivity index (χ4n) is 3.48. The summed E-state index contributed by atoms with van der Waals surface area (Å²) < 4.78 is 0. The van der Waals surface area contributed by atoms with Gasteiger partial charge in [0.25, 0.3) is 0 Å². The Morgan fingerprint density at radius 3 is 2.35 bits per heavy atom. The highest BCUT2D eigenvalue weighted by molar-refractivity contribution is 6.28. The Hall–Kier alpha value is -1.88. The van der Waals surface area contributed by atoms with Gasteiger partial charge in [-0.1, -0.05) is 24.3 Å². The van der Waals surface area contributed by atoms with E-state index in [9.17, 15) is 0 Å². The zero-order valence-corrected chi connectivity index (χ0v) is 13.8. The molecule has 1 aliphatic carbocycles. The van der Waals surface area contributed by atoms with Gasteiger partial charge in [-0.3, -0.25) is 0 Å². The second-order valence-electron chi connectivity index (χ2n) is 6.29. The van der Waals surface area contributed by atoms with Gasteiger partial charge in [-0.25, -0.2) is 0 Å². The van der Waals surface area contributed by atoms with Crippen molar-refractivity contribution in [1.29, 1.82) is 0 Å². The molecule has 0 amide bonds. The average molecular weight is 330 g/mol. The Morgan fingerprint density at radius 2 is 1.65 bits per heavy atom. The van der Waals surface area contributed by atoms with Crippen LogP contribution in [0.1, 0.15) is 30.4 Å². The van der Waals surface area contributed by atoms with Crippen molar-refractivity contribution in [3.63, 3.8) is 0 Å². The molecule has 0 bridgehead atoms. The maximum absolute atomic E-state index is 6.11. The Kier molecular flexibility index (Phi) is 4.04. The van der Waals surface area contributed by atoms with E-state index in [2.05, 4.69) is 49.4 Å². The summed E-state index contributed by atoms with van der Waals surface area (Å²) in [5.41, 5.74) is 2.81. The third-order valence-electron chi connectivity index (χ3n) is 4.62. The SMILES string of the molecule is Clc1nc(NC2Cc3ccccc3C2)nc(N2CCCCC2)n1. The topological polar surface area (TPSA) is 53.9 Å². The predicted octanol–water partition coefficient (Wildman–Crippen LogP) is 3.09. The first-order chi connectivity index (χ1) is 11.3. The van der Waals surface area contributed by atoms with E-state index >= 15 is 0 Å². The van der Waals surface area contributed by atoms with E-state index in [1.54, 1.807) is 0 Å². The monoisotopic (exact) mass is 329 g/mol. The van der Waals surface area contributed by atoms with E-state index in [0.717, 1.165) is 25.9 Å². The van der Waals surface area contributed by atoms with Crippen LogP contribution in [-0.4, -0.2) is 34.1 Å². The normalized spacial score (nSPS) is 18.0. The van der Waals surface area contributed by atoms with E-state index in [0.29, 0.717) is 17.9 Å². The van der Waals surface area contributed by atoms with Crippen molar-refractivity contribution in [2.75, 3.05) is 23.3 Å². The Bertz CT molecular complexity index is 674. The van der Waals surface area contributed by atoms with Crippen LogP contribution in [0.3, 0.4) is 0 Å². The lowest BCUT2D eigenvalue weighted by Crippen LogP contribution is -2.31. The van der Waals surface area contributed by atoms with Gasteiger partial charge in [0.2, 0.25) is 17.2 Å². The van der Waals surface area contributed by atoms with Crippen LogP contribution in [0, 0.1) is 0 Å².